The Morgan fingerprint density at radius 3 is 0.710 bits per heavy atom. The first kappa shape index (κ1) is 98.1. The van der Waals surface area contributed by atoms with E-state index in [1.807, 2.05) is 0 Å². The van der Waals surface area contributed by atoms with E-state index in [2.05, 4.69) is 55.4 Å². The number of ether oxygens (including phenoxy) is 4. The number of rotatable bonds is 78. The van der Waals surface area contributed by atoms with Gasteiger partial charge in [-0.15, -0.1) is 0 Å². The van der Waals surface area contributed by atoms with Gasteiger partial charge in [0.15, 0.2) is 12.2 Å². The van der Waals surface area contributed by atoms with Gasteiger partial charge in [0.2, 0.25) is 0 Å². The van der Waals surface area contributed by atoms with E-state index >= 15 is 0 Å². The topological polar surface area (TPSA) is 237 Å². The molecule has 0 aliphatic rings. The van der Waals surface area contributed by atoms with Crippen LogP contribution in [0.5, 0.6) is 0 Å². The molecule has 0 fully saturated rings. The molecule has 100 heavy (non-hydrogen) atoms. The number of hydrogen-bond donors (Lipinski definition) is 3. The maximum Gasteiger partial charge on any atom is 0.472 e. The first-order chi connectivity index (χ1) is 48.1. The van der Waals surface area contributed by atoms with Gasteiger partial charge in [-0.1, -0.05) is 364 Å². The number of phosphoric ester groups is 2. The van der Waals surface area contributed by atoms with Crippen molar-refractivity contribution in [2.24, 2.45) is 23.7 Å². The maximum absolute atomic E-state index is 13.1. The molecule has 4 unspecified atom stereocenters. The van der Waals surface area contributed by atoms with E-state index in [-0.39, 0.29) is 25.7 Å². The van der Waals surface area contributed by atoms with Gasteiger partial charge in [-0.2, -0.15) is 0 Å². The van der Waals surface area contributed by atoms with E-state index in [9.17, 15) is 43.2 Å². The molecule has 0 radical (unpaired) electrons. The van der Waals surface area contributed by atoms with Gasteiger partial charge < -0.3 is 33.8 Å². The molecule has 0 saturated heterocycles. The summed E-state index contributed by atoms with van der Waals surface area (Å²) < 4.78 is 68.7. The highest BCUT2D eigenvalue weighted by molar-refractivity contribution is 7.47. The van der Waals surface area contributed by atoms with E-state index in [0.717, 1.165) is 114 Å². The second-order valence-corrected chi connectivity index (χ2v) is 33.7. The van der Waals surface area contributed by atoms with Gasteiger partial charge in [-0.05, 0) is 49.4 Å². The lowest BCUT2D eigenvalue weighted by atomic mass is 9.99. The van der Waals surface area contributed by atoms with Crippen LogP contribution in [0.15, 0.2) is 0 Å². The molecule has 19 heteroatoms. The summed E-state index contributed by atoms with van der Waals surface area (Å²) in [4.78, 5) is 73.0. The predicted molar refractivity (Wildman–Crippen MR) is 409 cm³/mol. The highest BCUT2D eigenvalue weighted by Crippen LogP contribution is 2.45. The third kappa shape index (κ3) is 73.0. The summed E-state index contributed by atoms with van der Waals surface area (Å²) in [6.07, 6.45) is 56.9. The Labute approximate surface area is 613 Å². The van der Waals surface area contributed by atoms with Crippen LogP contribution in [0.2, 0.25) is 0 Å². The van der Waals surface area contributed by atoms with Crippen LogP contribution in [0.1, 0.15) is 415 Å². The summed E-state index contributed by atoms with van der Waals surface area (Å²) in [6, 6.07) is 0. The summed E-state index contributed by atoms with van der Waals surface area (Å²) in [5.74, 6) is 1.00. The predicted octanol–water partition coefficient (Wildman–Crippen LogP) is 24.0. The molecule has 0 spiro atoms. The SMILES string of the molecule is CCC(C)CCCCCCCCCCCCC(=O)OC[C@H](COP(=O)(O)OCC(O)COP(=O)(O)OC[C@@H](COC(=O)CCCCCCCCCC(C)C)OC(=O)CCCCCCCCCCCCCCCCCCC(C)C)OC(=O)CCCCCCCCCCCCCCCCC(C)C. The highest BCUT2D eigenvalue weighted by atomic mass is 31.2. The lowest BCUT2D eigenvalue weighted by Crippen LogP contribution is -2.30. The Balaban J connectivity index is 5.24. The summed E-state index contributed by atoms with van der Waals surface area (Å²) in [5, 5.41) is 10.6. The van der Waals surface area contributed by atoms with Crippen LogP contribution in [0.4, 0.5) is 0 Å². The van der Waals surface area contributed by atoms with Crippen molar-refractivity contribution in [1.82, 2.24) is 0 Å². The van der Waals surface area contributed by atoms with Crippen molar-refractivity contribution in [2.75, 3.05) is 39.6 Å². The Kier molecular flexibility index (Phi) is 68.7. The molecule has 594 valence electrons. The minimum absolute atomic E-state index is 0.107. The van der Waals surface area contributed by atoms with Crippen molar-refractivity contribution in [3.05, 3.63) is 0 Å². The standard InChI is InChI=1S/C81H158O17P2/c1-9-74(8)60-52-44-36-28-24-25-29-37-45-53-61-78(83)91-67-76(97-80(85)64-56-48-39-31-23-19-15-14-17-21-27-34-42-50-58-72(4)5)69-95-99(87,88)93-65-75(82)66-94-100(89,90)96-70-77(68-92-79(84)62-54-46-40-32-35-43-51-59-73(6)7)98-81(86)63-55-47-38-30-22-18-13-11-10-12-16-20-26-33-41-49-57-71(2)3/h71-77,82H,9-70H2,1-8H3,(H,87,88)(H,89,90)/t74?,75?,76-,77-/m1/s1. The van der Waals surface area contributed by atoms with E-state index < -0.39 is 97.5 Å². The number of aliphatic hydroxyl groups excluding tert-OH is 1. The van der Waals surface area contributed by atoms with Crippen molar-refractivity contribution in [2.45, 2.75) is 433 Å². The third-order valence-electron chi connectivity index (χ3n) is 19.2. The average Bonchev–Trinajstić information content (AvgIpc) is 0.918. The molecule has 0 heterocycles. The van der Waals surface area contributed by atoms with Crippen molar-refractivity contribution in [1.29, 1.82) is 0 Å². The molecule has 6 atom stereocenters. The number of unbranched alkanes of at least 4 members (excludes halogenated alkanes) is 43. The van der Waals surface area contributed by atoms with Crippen LogP contribution in [0.3, 0.4) is 0 Å². The molecule has 0 aromatic heterocycles. The number of carbonyl (C=O) groups excluding carboxylic acids is 4. The number of aliphatic hydroxyl groups is 1. The number of carbonyl (C=O) groups is 4. The highest BCUT2D eigenvalue weighted by Gasteiger charge is 2.30. The number of phosphoric acid groups is 2. The van der Waals surface area contributed by atoms with Gasteiger partial charge in [0.25, 0.3) is 0 Å². The first-order valence-electron chi connectivity index (χ1n) is 41.7. The van der Waals surface area contributed by atoms with Crippen molar-refractivity contribution in [3.63, 3.8) is 0 Å². The van der Waals surface area contributed by atoms with Crippen LogP contribution in [-0.4, -0.2) is 96.7 Å². The Hall–Kier alpha value is -1.94. The molecule has 0 aliphatic carbocycles. The lowest BCUT2D eigenvalue weighted by Gasteiger charge is -2.21. The second kappa shape index (κ2) is 70.1. The smallest absolute Gasteiger partial charge is 0.462 e. The summed E-state index contributed by atoms with van der Waals surface area (Å²) in [7, 11) is -9.92. The molecule has 0 bridgehead atoms. The molecule has 17 nitrogen and oxygen atoms in total. The second-order valence-electron chi connectivity index (χ2n) is 30.8. The largest absolute Gasteiger partial charge is 0.472 e. The zero-order valence-corrected chi connectivity index (χ0v) is 67.6. The quantitative estimate of drug-likeness (QED) is 0.0222. The van der Waals surface area contributed by atoms with Gasteiger partial charge in [0.05, 0.1) is 26.4 Å². The molecular formula is C81H158O17P2. The van der Waals surface area contributed by atoms with Crippen LogP contribution in [0.25, 0.3) is 0 Å². The van der Waals surface area contributed by atoms with Gasteiger partial charge in [-0.3, -0.25) is 37.3 Å². The van der Waals surface area contributed by atoms with Crippen LogP contribution in [-0.2, 0) is 65.4 Å². The van der Waals surface area contributed by atoms with Crippen molar-refractivity contribution >= 4 is 39.5 Å². The van der Waals surface area contributed by atoms with Gasteiger partial charge >= 0.3 is 39.5 Å². The zero-order chi connectivity index (χ0) is 73.8. The van der Waals surface area contributed by atoms with Gasteiger partial charge in [0, 0.05) is 25.7 Å². The third-order valence-corrected chi connectivity index (χ3v) is 21.1. The minimum Gasteiger partial charge on any atom is -0.462 e. The van der Waals surface area contributed by atoms with Crippen molar-refractivity contribution < 1.29 is 80.2 Å². The lowest BCUT2D eigenvalue weighted by molar-refractivity contribution is -0.161. The van der Waals surface area contributed by atoms with Crippen molar-refractivity contribution in [3.8, 4) is 0 Å². The molecule has 0 aliphatic heterocycles. The fraction of sp³-hybridized carbons (Fsp3) is 0.951. The van der Waals surface area contributed by atoms with E-state index in [1.54, 1.807) is 0 Å². The Bertz CT molecular complexity index is 1960. The Morgan fingerprint density at radius 1 is 0.280 bits per heavy atom. The average molecular weight is 1470 g/mol. The normalized spacial score (nSPS) is 14.3. The molecular weight excluding hydrogens is 1310 g/mol. The first-order valence-corrected chi connectivity index (χ1v) is 44.7. The van der Waals surface area contributed by atoms with Gasteiger partial charge in [0.1, 0.15) is 19.3 Å². The molecule has 0 saturated carbocycles. The summed E-state index contributed by atoms with van der Waals surface area (Å²) in [6.45, 7) is 14.3. The minimum atomic E-state index is -4.96. The van der Waals surface area contributed by atoms with E-state index in [0.29, 0.717) is 31.6 Å². The van der Waals surface area contributed by atoms with E-state index in [4.69, 9.17) is 37.0 Å². The molecule has 0 rings (SSSR count). The van der Waals surface area contributed by atoms with Crippen LogP contribution in [0, 0.1) is 23.7 Å². The molecule has 0 amide bonds. The van der Waals surface area contributed by atoms with E-state index in [1.165, 1.54) is 212 Å². The Morgan fingerprint density at radius 2 is 0.480 bits per heavy atom. The van der Waals surface area contributed by atoms with Crippen LogP contribution < -0.4 is 0 Å². The maximum atomic E-state index is 13.1. The fourth-order valence-corrected chi connectivity index (χ4v) is 14.0. The fourth-order valence-electron chi connectivity index (χ4n) is 12.4. The van der Waals surface area contributed by atoms with Gasteiger partial charge in [-0.25, -0.2) is 9.13 Å². The molecule has 3 N–H and O–H groups in total. The molecule has 0 aromatic rings. The number of hydrogen-bond acceptors (Lipinski definition) is 15. The monoisotopic (exact) mass is 1470 g/mol. The molecule has 0 aromatic carbocycles. The summed E-state index contributed by atoms with van der Waals surface area (Å²) >= 11 is 0. The zero-order valence-electron chi connectivity index (χ0n) is 65.8. The summed E-state index contributed by atoms with van der Waals surface area (Å²) in [5.41, 5.74) is 0. The van der Waals surface area contributed by atoms with Crippen LogP contribution >= 0.6 is 15.6 Å². The number of esters is 4.